The van der Waals surface area contributed by atoms with Crippen LogP contribution in [-0.4, -0.2) is 58.8 Å². The molecule has 6 nitrogen and oxygen atoms in total. The molecule has 1 aliphatic rings. The van der Waals surface area contributed by atoms with Crippen molar-refractivity contribution in [3.8, 4) is 0 Å². The lowest BCUT2D eigenvalue weighted by Gasteiger charge is -2.38. The van der Waals surface area contributed by atoms with Crippen LogP contribution in [0, 0.1) is 0 Å². The lowest BCUT2D eigenvalue weighted by Crippen LogP contribution is -2.55. The van der Waals surface area contributed by atoms with Gasteiger partial charge in [0.05, 0.1) is 6.04 Å². The van der Waals surface area contributed by atoms with E-state index in [1.165, 1.54) is 0 Å². The van der Waals surface area contributed by atoms with Gasteiger partial charge >= 0.3 is 0 Å². The van der Waals surface area contributed by atoms with Gasteiger partial charge in [-0.25, -0.2) is 4.52 Å². The highest BCUT2D eigenvalue weighted by Crippen LogP contribution is 2.16. The van der Waals surface area contributed by atoms with Crippen LogP contribution in [0.5, 0.6) is 0 Å². The van der Waals surface area contributed by atoms with Crippen LogP contribution in [0.4, 0.5) is 5.95 Å². The van der Waals surface area contributed by atoms with Gasteiger partial charge in [0.1, 0.15) is 0 Å². The standard InChI is InChI=1S/C12H18N6/c1-16-6-7-17(10(8-13)9-16)12-14-11-4-2-3-5-18(11)15-12/h2-5,10H,6-9,13H2,1H3. The predicted molar refractivity (Wildman–Crippen MR) is 70.7 cm³/mol. The second kappa shape index (κ2) is 4.55. The van der Waals surface area contributed by atoms with Crippen molar-refractivity contribution in [2.45, 2.75) is 6.04 Å². The highest BCUT2D eigenvalue weighted by Gasteiger charge is 2.26. The third kappa shape index (κ3) is 1.93. The van der Waals surface area contributed by atoms with E-state index in [4.69, 9.17) is 5.73 Å². The van der Waals surface area contributed by atoms with Crippen molar-refractivity contribution in [2.24, 2.45) is 5.73 Å². The van der Waals surface area contributed by atoms with Crippen LogP contribution in [0.3, 0.4) is 0 Å². The van der Waals surface area contributed by atoms with Crippen LogP contribution in [-0.2, 0) is 0 Å². The zero-order valence-corrected chi connectivity index (χ0v) is 10.5. The number of fused-ring (bicyclic) bond motifs is 1. The minimum atomic E-state index is 0.293. The molecule has 1 atom stereocenters. The van der Waals surface area contributed by atoms with Crippen molar-refractivity contribution in [1.82, 2.24) is 19.5 Å². The molecule has 0 spiro atoms. The third-order valence-electron chi connectivity index (χ3n) is 3.44. The van der Waals surface area contributed by atoms with Gasteiger partial charge in [-0.05, 0) is 19.2 Å². The number of nitrogens with zero attached hydrogens (tertiary/aromatic N) is 5. The second-order valence-electron chi connectivity index (χ2n) is 4.76. The Balaban J connectivity index is 1.92. The largest absolute Gasteiger partial charge is 0.333 e. The zero-order valence-electron chi connectivity index (χ0n) is 10.5. The maximum Gasteiger partial charge on any atom is 0.246 e. The average molecular weight is 246 g/mol. The summed E-state index contributed by atoms with van der Waals surface area (Å²) in [6, 6.07) is 6.18. The molecule has 2 aromatic heterocycles. The van der Waals surface area contributed by atoms with Gasteiger partial charge in [0.25, 0.3) is 0 Å². The monoisotopic (exact) mass is 246 g/mol. The number of hydrogen-bond donors (Lipinski definition) is 1. The van der Waals surface area contributed by atoms with Gasteiger partial charge in [-0.2, -0.15) is 4.98 Å². The Morgan fingerprint density at radius 3 is 3.06 bits per heavy atom. The van der Waals surface area contributed by atoms with Crippen LogP contribution >= 0.6 is 0 Å². The highest BCUT2D eigenvalue weighted by molar-refractivity contribution is 5.45. The molecule has 0 bridgehead atoms. The Kier molecular flexibility index (Phi) is 2.89. The van der Waals surface area contributed by atoms with Gasteiger partial charge in [-0.3, -0.25) is 0 Å². The molecule has 0 amide bonds. The molecule has 3 heterocycles. The fourth-order valence-corrected chi connectivity index (χ4v) is 2.42. The lowest BCUT2D eigenvalue weighted by atomic mass is 10.2. The van der Waals surface area contributed by atoms with E-state index in [2.05, 4.69) is 26.9 Å². The summed E-state index contributed by atoms with van der Waals surface area (Å²) in [4.78, 5) is 9.07. The Morgan fingerprint density at radius 2 is 2.28 bits per heavy atom. The number of aromatic nitrogens is 3. The van der Waals surface area contributed by atoms with Gasteiger partial charge in [-0.1, -0.05) is 6.07 Å². The normalized spacial score (nSPS) is 21.7. The van der Waals surface area contributed by atoms with E-state index in [1.807, 2.05) is 24.4 Å². The number of anilines is 1. The summed E-state index contributed by atoms with van der Waals surface area (Å²) in [6.07, 6.45) is 1.92. The molecule has 1 fully saturated rings. The molecule has 96 valence electrons. The van der Waals surface area contributed by atoms with Gasteiger partial charge in [0.15, 0.2) is 5.65 Å². The van der Waals surface area contributed by atoms with Gasteiger partial charge in [0, 0.05) is 32.4 Å². The Labute approximate surface area is 106 Å². The van der Waals surface area contributed by atoms with E-state index >= 15 is 0 Å². The highest BCUT2D eigenvalue weighted by atomic mass is 15.4. The second-order valence-corrected chi connectivity index (χ2v) is 4.76. The van der Waals surface area contributed by atoms with E-state index in [1.54, 1.807) is 4.52 Å². The van der Waals surface area contributed by atoms with E-state index in [0.29, 0.717) is 12.6 Å². The summed E-state index contributed by atoms with van der Waals surface area (Å²) in [5.41, 5.74) is 6.73. The molecule has 1 saturated heterocycles. The number of nitrogens with two attached hydrogens (primary N) is 1. The van der Waals surface area contributed by atoms with Crippen molar-refractivity contribution in [1.29, 1.82) is 0 Å². The number of likely N-dealkylation sites (N-methyl/N-ethyl adjacent to an activating group) is 1. The van der Waals surface area contributed by atoms with Gasteiger partial charge in [0.2, 0.25) is 5.95 Å². The van der Waals surface area contributed by atoms with Crippen LogP contribution in [0.15, 0.2) is 24.4 Å². The van der Waals surface area contributed by atoms with Crippen molar-refractivity contribution in [3.63, 3.8) is 0 Å². The molecule has 0 aromatic carbocycles. The smallest absolute Gasteiger partial charge is 0.246 e. The minimum absolute atomic E-state index is 0.293. The molecular weight excluding hydrogens is 228 g/mol. The fraction of sp³-hybridized carbons (Fsp3) is 0.500. The number of pyridine rings is 1. The first-order valence-corrected chi connectivity index (χ1v) is 6.24. The SMILES string of the molecule is CN1CCN(c2nc3ccccn3n2)C(CN)C1. The zero-order chi connectivity index (χ0) is 12.5. The topological polar surface area (TPSA) is 62.7 Å². The molecule has 18 heavy (non-hydrogen) atoms. The number of hydrogen-bond acceptors (Lipinski definition) is 5. The summed E-state index contributed by atoms with van der Waals surface area (Å²) in [5.74, 6) is 0.782. The first-order chi connectivity index (χ1) is 8.78. The molecule has 0 saturated carbocycles. The molecule has 6 heteroatoms. The van der Waals surface area contributed by atoms with Crippen molar-refractivity contribution in [3.05, 3.63) is 24.4 Å². The van der Waals surface area contributed by atoms with Crippen molar-refractivity contribution in [2.75, 3.05) is 38.1 Å². The lowest BCUT2D eigenvalue weighted by molar-refractivity contribution is 0.268. The average Bonchev–Trinajstić information content (AvgIpc) is 2.82. The Bertz CT molecular complexity index is 503. The summed E-state index contributed by atoms with van der Waals surface area (Å²) >= 11 is 0. The van der Waals surface area contributed by atoms with Crippen LogP contribution < -0.4 is 10.6 Å². The summed E-state index contributed by atoms with van der Waals surface area (Å²) in [7, 11) is 2.12. The van der Waals surface area contributed by atoms with E-state index in [9.17, 15) is 0 Å². The first-order valence-electron chi connectivity index (χ1n) is 6.24. The maximum atomic E-state index is 5.86. The van der Waals surface area contributed by atoms with Crippen LogP contribution in [0.25, 0.3) is 5.65 Å². The Morgan fingerprint density at radius 1 is 1.39 bits per heavy atom. The van der Waals surface area contributed by atoms with Crippen LogP contribution in [0.1, 0.15) is 0 Å². The molecule has 1 unspecified atom stereocenters. The fourth-order valence-electron chi connectivity index (χ4n) is 2.42. The molecule has 0 radical (unpaired) electrons. The Hall–Kier alpha value is -1.66. The number of rotatable bonds is 2. The third-order valence-corrected chi connectivity index (χ3v) is 3.44. The summed E-state index contributed by atoms with van der Waals surface area (Å²) < 4.78 is 1.81. The molecule has 1 aliphatic heterocycles. The van der Waals surface area contributed by atoms with Crippen LogP contribution in [0.2, 0.25) is 0 Å². The summed E-state index contributed by atoms with van der Waals surface area (Å²) in [5, 5.41) is 4.52. The minimum Gasteiger partial charge on any atom is -0.333 e. The molecule has 3 rings (SSSR count). The quantitative estimate of drug-likeness (QED) is 0.795. The van der Waals surface area contributed by atoms with Crippen molar-refractivity contribution >= 4 is 11.6 Å². The molecular formula is C12H18N6. The molecule has 2 N–H and O–H groups in total. The number of piperazine rings is 1. The van der Waals surface area contributed by atoms with Gasteiger partial charge < -0.3 is 15.5 Å². The molecule has 2 aromatic rings. The molecule has 0 aliphatic carbocycles. The van der Waals surface area contributed by atoms with Gasteiger partial charge in [-0.15, -0.1) is 5.10 Å². The van der Waals surface area contributed by atoms with E-state index < -0.39 is 0 Å². The summed E-state index contributed by atoms with van der Waals surface area (Å²) in [6.45, 7) is 3.53. The van der Waals surface area contributed by atoms with E-state index in [-0.39, 0.29) is 0 Å². The first kappa shape index (κ1) is 11.4. The van der Waals surface area contributed by atoms with Crippen molar-refractivity contribution < 1.29 is 0 Å². The predicted octanol–water partition coefficient (Wildman–Crippen LogP) is -0.192. The van der Waals surface area contributed by atoms with E-state index in [0.717, 1.165) is 31.2 Å². The maximum absolute atomic E-state index is 5.86.